The summed E-state index contributed by atoms with van der Waals surface area (Å²) in [6.07, 6.45) is 4.65. The Morgan fingerprint density at radius 2 is 2.13 bits per heavy atom. The third-order valence-corrected chi connectivity index (χ3v) is 5.35. The maximum Gasteiger partial charge on any atom is 0.245 e. The van der Waals surface area contributed by atoms with Crippen molar-refractivity contribution in [3.63, 3.8) is 0 Å². The molecule has 1 aromatic heterocycles. The largest absolute Gasteiger partial charge is 0.387 e. The van der Waals surface area contributed by atoms with Crippen LogP contribution in [-0.2, 0) is 21.5 Å². The van der Waals surface area contributed by atoms with Crippen LogP contribution in [0.4, 0.5) is 16.0 Å². The zero-order valence-electron chi connectivity index (χ0n) is 16.8. The predicted molar refractivity (Wildman–Crippen MR) is 113 cm³/mol. The second kappa shape index (κ2) is 7.78. The number of rotatable bonds is 7. The molecule has 0 radical (unpaired) electrons. The number of nitrogens with zero attached hydrogens (tertiary/aromatic N) is 2. The van der Waals surface area contributed by atoms with Crippen molar-refractivity contribution in [3.05, 3.63) is 59.3 Å². The van der Waals surface area contributed by atoms with Crippen molar-refractivity contribution in [1.82, 2.24) is 20.6 Å². The van der Waals surface area contributed by atoms with Gasteiger partial charge >= 0.3 is 0 Å². The molecule has 160 valence electrons. The van der Waals surface area contributed by atoms with Crippen LogP contribution in [0.3, 0.4) is 0 Å². The SMILES string of the molecule is CC1(C(=O)NC2CC2)C(=O)Nc2nc(C(=N)/C=C\NCc3ccccc3F)nc(N)c21. The number of carbonyl (C=O) groups is 2. The molecule has 1 aliphatic carbocycles. The van der Waals surface area contributed by atoms with E-state index in [-0.39, 0.29) is 47.1 Å². The zero-order valence-corrected chi connectivity index (χ0v) is 16.8. The van der Waals surface area contributed by atoms with Crippen LogP contribution >= 0.6 is 0 Å². The van der Waals surface area contributed by atoms with Crippen LogP contribution in [0.5, 0.6) is 0 Å². The minimum atomic E-state index is -1.53. The van der Waals surface area contributed by atoms with E-state index in [1.54, 1.807) is 18.2 Å². The lowest BCUT2D eigenvalue weighted by molar-refractivity contribution is -0.133. The van der Waals surface area contributed by atoms with E-state index < -0.39 is 17.2 Å². The number of hydrogen-bond donors (Lipinski definition) is 5. The highest BCUT2D eigenvalue weighted by molar-refractivity contribution is 6.21. The van der Waals surface area contributed by atoms with E-state index in [1.165, 1.54) is 25.3 Å². The Morgan fingerprint density at radius 3 is 2.84 bits per heavy atom. The number of carbonyl (C=O) groups excluding carboxylic acids is 2. The fourth-order valence-electron chi connectivity index (χ4n) is 3.33. The number of fused-ring (bicyclic) bond motifs is 1. The second-order valence-corrected chi connectivity index (χ2v) is 7.70. The average Bonchev–Trinajstić information content (AvgIpc) is 3.50. The maximum atomic E-state index is 13.6. The molecule has 1 fully saturated rings. The van der Waals surface area contributed by atoms with Crippen LogP contribution in [0.2, 0.25) is 0 Å². The Hall–Kier alpha value is -3.82. The molecule has 10 heteroatoms. The lowest BCUT2D eigenvalue weighted by atomic mass is 9.83. The fraction of sp³-hybridized carbons (Fsp3) is 0.286. The van der Waals surface area contributed by atoms with Gasteiger partial charge in [0.05, 0.1) is 5.56 Å². The minimum absolute atomic E-state index is 0.00709. The zero-order chi connectivity index (χ0) is 22.2. The maximum absolute atomic E-state index is 13.6. The third kappa shape index (κ3) is 3.83. The topological polar surface area (TPSA) is 146 Å². The van der Waals surface area contributed by atoms with Gasteiger partial charge in [-0.1, -0.05) is 18.2 Å². The molecule has 2 aromatic rings. The van der Waals surface area contributed by atoms with Crippen molar-refractivity contribution in [2.24, 2.45) is 0 Å². The highest BCUT2D eigenvalue weighted by atomic mass is 19.1. The summed E-state index contributed by atoms with van der Waals surface area (Å²) in [5, 5.41) is 16.5. The molecule has 0 spiro atoms. The quantitative estimate of drug-likeness (QED) is 0.336. The lowest BCUT2D eigenvalue weighted by Gasteiger charge is -2.21. The molecule has 0 bridgehead atoms. The standard InChI is InChI=1S/C21H22FN7O2/c1-21(19(30)26-12-6-7-12)15-16(24)27-17(28-18(15)29-20(21)31)14(23)8-9-25-10-11-4-2-3-5-13(11)22/h2-5,8-9,12,23,25H,6-7,10H2,1H3,(H,26,30)(H3,24,27,28,29,31)/b9-8-,23-14?. The predicted octanol–water partition coefficient (Wildman–Crippen LogP) is 1.36. The van der Waals surface area contributed by atoms with Crippen molar-refractivity contribution in [3.8, 4) is 0 Å². The smallest absolute Gasteiger partial charge is 0.245 e. The monoisotopic (exact) mass is 423 g/mol. The molecule has 2 heterocycles. The van der Waals surface area contributed by atoms with Crippen molar-refractivity contribution < 1.29 is 14.0 Å². The van der Waals surface area contributed by atoms with E-state index in [1.807, 2.05) is 0 Å². The molecule has 6 N–H and O–H groups in total. The normalized spacial score (nSPS) is 19.7. The van der Waals surface area contributed by atoms with E-state index >= 15 is 0 Å². The number of halogens is 1. The van der Waals surface area contributed by atoms with Gasteiger partial charge in [0, 0.05) is 18.2 Å². The summed E-state index contributed by atoms with van der Waals surface area (Å²) in [5.74, 6) is -1.22. The number of anilines is 2. The number of nitrogens with two attached hydrogens (primary N) is 1. The van der Waals surface area contributed by atoms with Gasteiger partial charge in [-0.2, -0.15) is 0 Å². The van der Waals surface area contributed by atoms with E-state index in [4.69, 9.17) is 11.1 Å². The molecule has 2 amide bonds. The van der Waals surface area contributed by atoms with Crippen LogP contribution in [-0.4, -0.2) is 33.5 Å². The number of nitrogens with one attached hydrogen (secondary N) is 4. The molecular weight excluding hydrogens is 401 g/mol. The van der Waals surface area contributed by atoms with Crippen LogP contribution in [0, 0.1) is 11.2 Å². The van der Waals surface area contributed by atoms with Crippen molar-refractivity contribution in [2.45, 2.75) is 37.8 Å². The van der Waals surface area contributed by atoms with Crippen molar-refractivity contribution in [1.29, 1.82) is 5.41 Å². The molecule has 1 atom stereocenters. The fourth-order valence-corrected chi connectivity index (χ4v) is 3.33. The number of amides is 2. The Kier molecular flexibility index (Phi) is 5.14. The highest BCUT2D eigenvalue weighted by Gasteiger charge is 2.52. The molecule has 2 aliphatic rings. The summed E-state index contributed by atoms with van der Waals surface area (Å²) >= 11 is 0. The van der Waals surface area contributed by atoms with Crippen LogP contribution in [0.1, 0.15) is 36.7 Å². The summed E-state index contributed by atoms with van der Waals surface area (Å²) in [6, 6.07) is 6.46. The van der Waals surface area contributed by atoms with Gasteiger partial charge in [-0.15, -0.1) is 0 Å². The lowest BCUT2D eigenvalue weighted by Crippen LogP contribution is -2.48. The van der Waals surface area contributed by atoms with Gasteiger partial charge in [-0.3, -0.25) is 15.0 Å². The summed E-state index contributed by atoms with van der Waals surface area (Å²) in [6.45, 7) is 1.73. The van der Waals surface area contributed by atoms with Crippen LogP contribution in [0.15, 0.2) is 36.5 Å². The van der Waals surface area contributed by atoms with E-state index in [0.29, 0.717) is 5.56 Å². The summed E-state index contributed by atoms with van der Waals surface area (Å²) < 4.78 is 13.6. The van der Waals surface area contributed by atoms with Gasteiger partial charge in [-0.25, -0.2) is 14.4 Å². The van der Waals surface area contributed by atoms with E-state index in [2.05, 4.69) is 25.9 Å². The molecular formula is C21H22FN7O2. The van der Waals surface area contributed by atoms with Crippen LogP contribution < -0.4 is 21.7 Å². The molecule has 0 saturated heterocycles. The molecule has 9 nitrogen and oxygen atoms in total. The van der Waals surface area contributed by atoms with Gasteiger partial charge in [0.1, 0.15) is 23.2 Å². The number of allylic oxidation sites excluding steroid dienone is 1. The van der Waals surface area contributed by atoms with Gasteiger partial charge in [0.15, 0.2) is 11.2 Å². The number of nitrogen functional groups attached to an aromatic ring is 1. The Bertz CT molecular complexity index is 1110. The average molecular weight is 423 g/mol. The number of aromatic nitrogens is 2. The first-order valence-electron chi connectivity index (χ1n) is 9.83. The van der Waals surface area contributed by atoms with Crippen molar-refractivity contribution in [2.75, 3.05) is 11.1 Å². The van der Waals surface area contributed by atoms with Gasteiger partial charge in [0.25, 0.3) is 0 Å². The first kappa shape index (κ1) is 20.5. The van der Waals surface area contributed by atoms with Gasteiger partial charge in [-0.05, 0) is 38.1 Å². The Labute approximate surface area is 177 Å². The minimum Gasteiger partial charge on any atom is -0.387 e. The first-order chi connectivity index (χ1) is 14.8. The number of hydrogen-bond acceptors (Lipinski definition) is 7. The van der Waals surface area contributed by atoms with Gasteiger partial charge in [0.2, 0.25) is 11.8 Å². The Morgan fingerprint density at radius 1 is 1.39 bits per heavy atom. The summed E-state index contributed by atoms with van der Waals surface area (Å²) in [5.41, 5.74) is 5.19. The summed E-state index contributed by atoms with van der Waals surface area (Å²) in [4.78, 5) is 33.7. The molecule has 4 rings (SSSR count). The third-order valence-electron chi connectivity index (χ3n) is 5.35. The van der Waals surface area contributed by atoms with E-state index in [0.717, 1.165) is 12.8 Å². The van der Waals surface area contributed by atoms with Gasteiger partial charge < -0.3 is 21.7 Å². The molecule has 31 heavy (non-hydrogen) atoms. The Balaban J connectivity index is 1.49. The van der Waals surface area contributed by atoms with E-state index in [9.17, 15) is 14.0 Å². The highest BCUT2D eigenvalue weighted by Crippen LogP contribution is 2.40. The molecule has 1 unspecified atom stereocenters. The van der Waals surface area contributed by atoms with Crippen molar-refractivity contribution >= 4 is 29.2 Å². The molecule has 1 saturated carbocycles. The number of benzene rings is 1. The molecule has 1 aromatic carbocycles. The second-order valence-electron chi connectivity index (χ2n) is 7.70. The van der Waals surface area contributed by atoms with Crippen LogP contribution in [0.25, 0.3) is 0 Å². The summed E-state index contributed by atoms with van der Waals surface area (Å²) in [7, 11) is 0. The first-order valence-corrected chi connectivity index (χ1v) is 9.83. The molecule has 1 aliphatic heterocycles.